The Labute approximate surface area is 92.0 Å². The molecule has 1 nitrogen and oxygen atoms in total. The summed E-state index contributed by atoms with van der Waals surface area (Å²) >= 11 is 0. The predicted molar refractivity (Wildman–Crippen MR) is 59.6 cm³/mol. The molecule has 0 N–H and O–H groups in total. The van der Waals surface area contributed by atoms with Crippen molar-refractivity contribution in [1.29, 1.82) is 0 Å². The van der Waals surface area contributed by atoms with Gasteiger partial charge in [-0.25, -0.2) is 4.39 Å². The molecule has 0 radical (unpaired) electrons. The Morgan fingerprint density at radius 1 is 1.47 bits per heavy atom. The van der Waals surface area contributed by atoms with Gasteiger partial charge in [0.05, 0.1) is 0 Å². The van der Waals surface area contributed by atoms with Crippen LogP contribution in [0.25, 0.3) is 0 Å². The average molecular weight is 211 g/mol. The van der Waals surface area contributed by atoms with E-state index in [0.29, 0.717) is 5.54 Å². The van der Waals surface area contributed by atoms with Crippen LogP contribution in [0, 0.1) is 11.3 Å². The van der Waals surface area contributed by atoms with Gasteiger partial charge in [0.1, 0.15) is 6.17 Å². The van der Waals surface area contributed by atoms with Gasteiger partial charge in [0, 0.05) is 17.5 Å². The van der Waals surface area contributed by atoms with Crippen molar-refractivity contribution in [3.8, 4) is 0 Å². The van der Waals surface area contributed by atoms with E-state index in [1.165, 1.54) is 25.8 Å². The number of fused-ring (bicyclic) bond motifs is 1. The van der Waals surface area contributed by atoms with Gasteiger partial charge in [-0.3, -0.25) is 4.90 Å². The zero-order valence-corrected chi connectivity index (χ0v) is 9.93. The minimum absolute atomic E-state index is 0.106. The maximum absolute atomic E-state index is 13.5. The van der Waals surface area contributed by atoms with E-state index >= 15 is 0 Å². The average Bonchev–Trinajstić information content (AvgIpc) is 2.47. The first-order valence-corrected chi connectivity index (χ1v) is 6.46. The fourth-order valence-electron chi connectivity index (χ4n) is 4.24. The second kappa shape index (κ2) is 2.97. The molecule has 0 aromatic heterocycles. The van der Waals surface area contributed by atoms with Crippen molar-refractivity contribution >= 4 is 0 Å². The van der Waals surface area contributed by atoms with Gasteiger partial charge in [0.25, 0.3) is 0 Å². The molecule has 0 aromatic rings. The van der Waals surface area contributed by atoms with E-state index in [1.807, 2.05) is 0 Å². The van der Waals surface area contributed by atoms with E-state index in [2.05, 4.69) is 18.7 Å². The van der Waals surface area contributed by atoms with E-state index < -0.39 is 6.17 Å². The lowest BCUT2D eigenvalue weighted by Gasteiger charge is -2.33. The summed E-state index contributed by atoms with van der Waals surface area (Å²) in [5, 5.41) is 0. The molecule has 1 spiro atoms. The Morgan fingerprint density at radius 3 is 2.80 bits per heavy atom. The maximum atomic E-state index is 13.5. The van der Waals surface area contributed by atoms with Crippen LogP contribution in [0.5, 0.6) is 0 Å². The Bertz CT molecular complexity index is 278. The van der Waals surface area contributed by atoms with Gasteiger partial charge < -0.3 is 0 Å². The first-order chi connectivity index (χ1) is 7.06. The van der Waals surface area contributed by atoms with Crippen LogP contribution in [0.3, 0.4) is 0 Å². The summed E-state index contributed by atoms with van der Waals surface area (Å²) in [6.07, 6.45) is 5.45. The van der Waals surface area contributed by atoms with Gasteiger partial charge >= 0.3 is 0 Å². The van der Waals surface area contributed by atoms with Gasteiger partial charge in [-0.05, 0) is 44.6 Å². The van der Waals surface area contributed by atoms with E-state index in [4.69, 9.17) is 0 Å². The fourth-order valence-corrected chi connectivity index (χ4v) is 4.24. The molecule has 3 fully saturated rings. The second-order valence-corrected chi connectivity index (χ2v) is 6.56. The third-order valence-electron chi connectivity index (χ3n) is 4.81. The SMILES string of the molecule is CC(C)C[C@@]12CCCN1C[C@@]1(C[C@@H]1F)C2. The molecule has 1 saturated carbocycles. The Hall–Kier alpha value is -0.110. The molecule has 15 heavy (non-hydrogen) atoms. The number of alkyl halides is 1. The van der Waals surface area contributed by atoms with Crippen LogP contribution in [0.1, 0.15) is 46.0 Å². The molecule has 0 unspecified atom stereocenters. The lowest BCUT2D eigenvalue weighted by molar-refractivity contribution is 0.163. The molecule has 86 valence electrons. The molecule has 2 saturated heterocycles. The molecule has 3 atom stereocenters. The van der Waals surface area contributed by atoms with Crippen LogP contribution in [-0.2, 0) is 0 Å². The van der Waals surface area contributed by atoms with Gasteiger partial charge in [-0.1, -0.05) is 13.8 Å². The highest BCUT2D eigenvalue weighted by molar-refractivity contribution is 5.18. The number of halogens is 1. The summed E-state index contributed by atoms with van der Waals surface area (Å²) in [4.78, 5) is 2.62. The minimum Gasteiger partial charge on any atom is -0.297 e. The van der Waals surface area contributed by atoms with Crippen LogP contribution in [0.4, 0.5) is 4.39 Å². The van der Waals surface area contributed by atoms with E-state index in [-0.39, 0.29) is 5.41 Å². The summed E-state index contributed by atoms with van der Waals surface area (Å²) in [7, 11) is 0. The molecule has 2 aliphatic heterocycles. The molecule has 2 heteroatoms. The van der Waals surface area contributed by atoms with Crippen LogP contribution in [-0.4, -0.2) is 29.7 Å². The van der Waals surface area contributed by atoms with Crippen molar-refractivity contribution in [2.24, 2.45) is 11.3 Å². The van der Waals surface area contributed by atoms with E-state index in [9.17, 15) is 4.39 Å². The smallest absolute Gasteiger partial charge is 0.108 e. The highest BCUT2D eigenvalue weighted by atomic mass is 19.1. The van der Waals surface area contributed by atoms with Crippen molar-refractivity contribution in [3.05, 3.63) is 0 Å². The molecule has 2 heterocycles. The lowest BCUT2D eigenvalue weighted by Crippen LogP contribution is -2.39. The van der Waals surface area contributed by atoms with Crippen molar-refractivity contribution < 1.29 is 4.39 Å². The summed E-state index contributed by atoms with van der Waals surface area (Å²) in [6, 6.07) is 0. The van der Waals surface area contributed by atoms with Crippen molar-refractivity contribution in [2.75, 3.05) is 13.1 Å². The highest BCUT2D eigenvalue weighted by Crippen LogP contribution is 2.63. The topological polar surface area (TPSA) is 3.24 Å². The first-order valence-electron chi connectivity index (χ1n) is 6.46. The van der Waals surface area contributed by atoms with Crippen molar-refractivity contribution in [2.45, 2.75) is 57.7 Å². The third-order valence-corrected chi connectivity index (χ3v) is 4.81. The van der Waals surface area contributed by atoms with Crippen LogP contribution in [0.2, 0.25) is 0 Å². The standard InChI is InChI=1S/C13H22FN/c1-10(2)6-13-4-3-5-15(13)9-12(8-13)7-11(12)14/h10-11H,3-9H2,1-2H3/t11-,12+,13+/m0/s1. The molecule has 0 bridgehead atoms. The quantitative estimate of drug-likeness (QED) is 0.678. The Balaban J connectivity index is 1.80. The van der Waals surface area contributed by atoms with Crippen LogP contribution >= 0.6 is 0 Å². The van der Waals surface area contributed by atoms with Gasteiger partial charge in [0.2, 0.25) is 0 Å². The normalized spacial score (nSPS) is 49.2. The van der Waals surface area contributed by atoms with Crippen molar-refractivity contribution in [3.63, 3.8) is 0 Å². The zero-order chi connectivity index (χ0) is 10.7. The van der Waals surface area contributed by atoms with Crippen LogP contribution < -0.4 is 0 Å². The number of hydrogen-bond donors (Lipinski definition) is 0. The predicted octanol–water partition coefficient (Wildman–Crippen LogP) is 3.00. The fraction of sp³-hybridized carbons (Fsp3) is 1.00. The molecule has 0 aromatic carbocycles. The zero-order valence-electron chi connectivity index (χ0n) is 9.93. The van der Waals surface area contributed by atoms with E-state index in [1.54, 1.807) is 0 Å². The monoisotopic (exact) mass is 211 g/mol. The van der Waals surface area contributed by atoms with Crippen LogP contribution in [0.15, 0.2) is 0 Å². The van der Waals surface area contributed by atoms with Gasteiger partial charge in [-0.15, -0.1) is 0 Å². The largest absolute Gasteiger partial charge is 0.297 e. The van der Waals surface area contributed by atoms with Gasteiger partial charge in [-0.2, -0.15) is 0 Å². The highest BCUT2D eigenvalue weighted by Gasteiger charge is 2.66. The second-order valence-electron chi connectivity index (χ2n) is 6.56. The molecular formula is C13H22FN. The summed E-state index contributed by atoms with van der Waals surface area (Å²) in [5.74, 6) is 0.748. The number of rotatable bonds is 2. The summed E-state index contributed by atoms with van der Waals surface area (Å²) in [6.45, 7) is 6.88. The first kappa shape index (κ1) is 10.1. The van der Waals surface area contributed by atoms with Gasteiger partial charge in [0.15, 0.2) is 0 Å². The maximum Gasteiger partial charge on any atom is 0.108 e. The number of nitrogens with zero attached hydrogens (tertiary/aromatic N) is 1. The molecule has 0 amide bonds. The third kappa shape index (κ3) is 1.37. The molecular weight excluding hydrogens is 189 g/mol. The Morgan fingerprint density at radius 2 is 2.20 bits per heavy atom. The lowest BCUT2D eigenvalue weighted by atomic mass is 9.82. The molecule has 1 aliphatic carbocycles. The molecule has 3 aliphatic rings. The summed E-state index contributed by atoms with van der Waals surface area (Å²) in [5.41, 5.74) is 0.504. The minimum atomic E-state index is -0.480. The van der Waals surface area contributed by atoms with Crippen molar-refractivity contribution in [1.82, 2.24) is 4.90 Å². The summed E-state index contributed by atoms with van der Waals surface area (Å²) < 4.78 is 13.5. The van der Waals surface area contributed by atoms with E-state index in [0.717, 1.165) is 25.3 Å². The number of hydrogen-bond acceptors (Lipinski definition) is 1. The molecule has 3 rings (SSSR count). The Kier molecular flexibility index (Phi) is 1.99.